The van der Waals surface area contributed by atoms with E-state index in [0.29, 0.717) is 12.0 Å². The summed E-state index contributed by atoms with van der Waals surface area (Å²) in [6, 6.07) is -1.14. The molecule has 0 aliphatic rings. The fourth-order valence-corrected chi connectivity index (χ4v) is 4.20. The topological polar surface area (TPSA) is 275 Å². The zero-order valence-electron chi connectivity index (χ0n) is 26.3. The quantitative estimate of drug-likeness (QED) is 0.0880. The van der Waals surface area contributed by atoms with Crippen LogP contribution in [-0.4, -0.2) is 92.2 Å². The van der Waals surface area contributed by atoms with Crippen molar-refractivity contribution in [2.24, 2.45) is 17.6 Å². The Morgan fingerprint density at radius 3 is 1.57 bits per heavy atom. The highest BCUT2D eigenvalue weighted by molar-refractivity contribution is 5.96. The molecule has 0 radical (unpaired) electrons. The molecule has 16 heteroatoms. The molecule has 1 rings (SSSR count). The lowest BCUT2D eigenvalue weighted by Gasteiger charge is -2.28. The van der Waals surface area contributed by atoms with Gasteiger partial charge in [0.1, 0.15) is 29.9 Å². The van der Waals surface area contributed by atoms with Gasteiger partial charge >= 0.3 is 17.9 Å². The monoisotopic (exact) mass is 651 g/mol. The number of carboxylic acid groups (broad SMARTS) is 3. The average molecular weight is 652 g/mol. The molecule has 16 nitrogen and oxygen atoms in total. The molecule has 1 aromatic rings. The third kappa shape index (κ3) is 13.5. The Morgan fingerprint density at radius 2 is 1.15 bits per heavy atom. The van der Waals surface area contributed by atoms with Gasteiger partial charge in [-0.15, -0.1) is 0 Å². The molecule has 4 amide bonds. The molecule has 0 saturated carbocycles. The Labute approximate surface area is 266 Å². The summed E-state index contributed by atoms with van der Waals surface area (Å²) < 4.78 is 0. The van der Waals surface area contributed by atoms with Gasteiger partial charge in [0, 0.05) is 19.3 Å². The lowest BCUT2D eigenvalue weighted by Crippen LogP contribution is -2.60. The van der Waals surface area contributed by atoms with Gasteiger partial charge in [-0.05, 0) is 42.4 Å². The zero-order chi connectivity index (χ0) is 35.1. The first kappa shape index (κ1) is 39.3. The van der Waals surface area contributed by atoms with Crippen LogP contribution in [0.25, 0.3) is 0 Å². The third-order valence-electron chi connectivity index (χ3n) is 7.36. The van der Waals surface area contributed by atoms with E-state index in [9.17, 15) is 54.0 Å². The molecule has 0 aromatic heterocycles. The molecular formula is C30H45N5O11. The molecule has 6 atom stereocenters. The predicted octanol–water partition coefficient (Wildman–Crippen LogP) is -0.282. The number of phenolic OH excluding ortho intramolecular Hbond substituents is 1. The Hall–Kier alpha value is -4.73. The molecule has 1 aromatic carbocycles. The lowest BCUT2D eigenvalue weighted by atomic mass is 9.96. The van der Waals surface area contributed by atoms with Crippen LogP contribution in [0.2, 0.25) is 0 Å². The molecule has 46 heavy (non-hydrogen) atoms. The lowest BCUT2D eigenvalue weighted by molar-refractivity contribution is -0.143. The number of phenols is 1. The van der Waals surface area contributed by atoms with E-state index >= 15 is 0 Å². The van der Waals surface area contributed by atoms with E-state index in [1.807, 2.05) is 0 Å². The Bertz CT molecular complexity index is 1240. The van der Waals surface area contributed by atoms with Gasteiger partial charge in [-0.3, -0.25) is 28.8 Å². The van der Waals surface area contributed by atoms with Crippen LogP contribution in [0.15, 0.2) is 24.3 Å². The van der Waals surface area contributed by atoms with Crippen LogP contribution in [0, 0.1) is 11.8 Å². The molecule has 0 heterocycles. The third-order valence-corrected chi connectivity index (χ3v) is 7.36. The summed E-state index contributed by atoms with van der Waals surface area (Å²) in [5.74, 6) is -8.23. The molecule has 0 fully saturated rings. The molecule has 0 aliphatic heterocycles. The number of rotatable bonds is 20. The second-order valence-corrected chi connectivity index (χ2v) is 11.4. The van der Waals surface area contributed by atoms with Gasteiger partial charge in [-0.2, -0.15) is 0 Å². The highest BCUT2D eigenvalue weighted by Crippen LogP contribution is 2.13. The second-order valence-electron chi connectivity index (χ2n) is 11.4. The van der Waals surface area contributed by atoms with Crippen molar-refractivity contribution in [3.63, 3.8) is 0 Å². The number of carbonyl (C=O) groups excluding carboxylic acids is 4. The Morgan fingerprint density at radius 1 is 0.696 bits per heavy atom. The molecular weight excluding hydrogens is 606 g/mol. The number of nitrogens with two attached hydrogens (primary N) is 1. The van der Waals surface area contributed by atoms with Crippen molar-refractivity contribution in [2.75, 3.05) is 0 Å². The molecule has 0 bridgehead atoms. The molecule has 0 saturated heterocycles. The van der Waals surface area contributed by atoms with E-state index in [1.165, 1.54) is 24.3 Å². The maximum Gasteiger partial charge on any atom is 0.326 e. The molecule has 0 spiro atoms. The van der Waals surface area contributed by atoms with Crippen molar-refractivity contribution in [1.29, 1.82) is 0 Å². The van der Waals surface area contributed by atoms with Gasteiger partial charge in [0.05, 0.1) is 6.04 Å². The number of carboxylic acids is 3. The van der Waals surface area contributed by atoms with Crippen LogP contribution in [0.4, 0.5) is 0 Å². The predicted molar refractivity (Wildman–Crippen MR) is 163 cm³/mol. The van der Waals surface area contributed by atoms with Crippen molar-refractivity contribution >= 4 is 41.5 Å². The first-order valence-corrected chi connectivity index (χ1v) is 14.9. The molecule has 0 aliphatic carbocycles. The van der Waals surface area contributed by atoms with E-state index in [1.54, 1.807) is 27.7 Å². The number of carbonyl (C=O) groups is 7. The minimum absolute atomic E-state index is 0.0577. The van der Waals surface area contributed by atoms with Crippen LogP contribution in [-0.2, 0) is 40.0 Å². The Kier molecular flexibility index (Phi) is 16.2. The first-order chi connectivity index (χ1) is 21.5. The number of hydrogen-bond acceptors (Lipinski definition) is 9. The maximum absolute atomic E-state index is 13.4. The summed E-state index contributed by atoms with van der Waals surface area (Å²) in [6.45, 7) is 6.89. The summed E-state index contributed by atoms with van der Waals surface area (Å²) in [7, 11) is 0. The van der Waals surface area contributed by atoms with Crippen molar-refractivity contribution in [2.45, 2.75) is 96.4 Å². The first-order valence-electron chi connectivity index (χ1n) is 14.9. The number of amides is 4. The van der Waals surface area contributed by atoms with E-state index in [2.05, 4.69) is 21.3 Å². The normalized spacial score (nSPS) is 14.9. The smallest absolute Gasteiger partial charge is 0.326 e. The van der Waals surface area contributed by atoms with Crippen molar-refractivity contribution in [3.05, 3.63) is 29.8 Å². The number of hydrogen-bond donors (Lipinski definition) is 9. The van der Waals surface area contributed by atoms with Crippen molar-refractivity contribution in [3.8, 4) is 5.75 Å². The van der Waals surface area contributed by atoms with Crippen LogP contribution in [0.1, 0.15) is 65.4 Å². The highest BCUT2D eigenvalue weighted by Gasteiger charge is 2.34. The minimum Gasteiger partial charge on any atom is -0.508 e. The second kappa shape index (κ2) is 18.9. The summed E-state index contributed by atoms with van der Waals surface area (Å²) >= 11 is 0. The van der Waals surface area contributed by atoms with Gasteiger partial charge in [0.2, 0.25) is 23.6 Å². The largest absolute Gasteiger partial charge is 0.508 e. The zero-order valence-corrected chi connectivity index (χ0v) is 26.3. The SMILES string of the molecule is CC[C@H](C)[C@H](NC(=O)[C@@H](N)C(C)C)C(=O)N[C@@H](CCC(=O)O)C(=O)N[C@@H](CCC(=O)O)C(=O)N[C@@H](Cc1ccc(O)cc1)C(=O)O. The summed E-state index contributed by atoms with van der Waals surface area (Å²) in [5, 5.41) is 47.2. The van der Waals surface area contributed by atoms with E-state index in [0.717, 1.165) is 0 Å². The molecule has 0 unspecified atom stereocenters. The standard InChI is InChI=1S/C30H45N5O11/c1-5-16(4)25(35-28(43)24(31)15(2)3)29(44)33-20(11-13-23(39)40)26(41)32-19(10-12-22(37)38)27(42)34-21(30(45)46)14-17-6-8-18(36)9-7-17/h6-9,15-16,19-21,24-25,36H,5,10-14,31H2,1-4H3,(H,32,41)(H,33,44)(H,34,42)(H,35,43)(H,37,38)(H,39,40)(H,45,46)/t16-,19-,20-,21-,24-,25-/m0/s1. The van der Waals surface area contributed by atoms with Gasteiger partial charge in [0.15, 0.2) is 0 Å². The number of aliphatic carboxylic acids is 3. The molecule has 10 N–H and O–H groups in total. The van der Waals surface area contributed by atoms with Crippen LogP contribution in [0.3, 0.4) is 0 Å². The minimum atomic E-state index is -1.58. The summed E-state index contributed by atoms with van der Waals surface area (Å²) in [6.07, 6.45) is -1.83. The fourth-order valence-electron chi connectivity index (χ4n) is 4.20. The van der Waals surface area contributed by atoms with Crippen LogP contribution < -0.4 is 27.0 Å². The highest BCUT2D eigenvalue weighted by atomic mass is 16.4. The average Bonchev–Trinajstić information content (AvgIpc) is 2.98. The summed E-state index contributed by atoms with van der Waals surface area (Å²) in [4.78, 5) is 87.1. The van der Waals surface area contributed by atoms with Gasteiger partial charge < -0.3 is 47.4 Å². The van der Waals surface area contributed by atoms with Crippen LogP contribution in [0.5, 0.6) is 5.75 Å². The fraction of sp³-hybridized carbons (Fsp3) is 0.567. The van der Waals surface area contributed by atoms with Gasteiger partial charge in [-0.25, -0.2) is 4.79 Å². The van der Waals surface area contributed by atoms with E-state index in [-0.39, 0.29) is 18.1 Å². The van der Waals surface area contributed by atoms with Gasteiger partial charge in [0.25, 0.3) is 0 Å². The maximum atomic E-state index is 13.4. The van der Waals surface area contributed by atoms with Crippen molar-refractivity contribution in [1.82, 2.24) is 21.3 Å². The van der Waals surface area contributed by atoms with Crippen LogP contribution >= 0.6 is 0 Å². The Balaban J connectivity index is 3.24. The van der Waals surface area contributed by atoms with Gasteiger partial charge in [-0.1, -0.05) is 46.2 Å². The summed E-state index contributed by atoms with van der Waals surface area (Å²) in [5.41, 5.74) is 6.37. The molecule has 256 valence electrons. The number of benzene rings is 1. The van der Waals surface area contributed by atoms with E-state index < -0.39 is 103 Å². The van der Waals surface area contributed by atoms with E-state index in [4.69, 9.17) is 5.73 Å². The number of nitrogens with one attached hydrogen (secondary N) is 4. The number of aromatic hydroxyl groups is 1. The van der Waals surface area contributed by atoms with Crippen molar-refractivity contribution < 1.29 is 54.0 Å².